The topological polar surface area (TPSA) is 73.9 Å². The van der Waals surface area contributed by atoms with Gasteiger partial charge in [0.1, 0.15) is 0 Å². The van der Waals surface area contributed by atoms with Gasteiger partial charge in [-0.2, -0.15) is 15.4 Å². The maximum absolute atomic E-state index is 12.1. The second-order valence-corrected chi connectivity index (χ2v) is 5.19. The third kappa shape index (κ3) is 2.79. The fourth-order valence-electron chi connectivity index (χ4n) is 2.43. The molecule has 2 heterocycles. The zero-order valence-corrected chi connectivity index (χ0v) is 11.9. The van der Waals surface area contributed by atoms with Crippen LogP contribution in [0.2, 0.25) is 0 Å². The van der Waals surface area contributed by atoms with Crippen molar-refractivity contribution in [3.63, 3.8) is 0 Å². The molecule has 0 bridgehead atoms. The lowest BCUT2D eigenvalue weighted by Crippen LogP contribution is -2.45. The van der Waals surface area contributed by atoms with E-state index >= 15 is 0 Å². The number of H-pyrrole nitrogens is 1. The van der Waals surface area contributed by atoms with Gasteiger partial charge in [-0.15, -0.1) is 0 Å². The lowest BCUT2D eigenvalue weighted by molar-refractivity contribution is 0.246. The Hall–Kier alpha value is -2.63. The maximum atomic E-state index is 12.1. The van der Waals surface area contributed by atoms with Crippen LogP contribution in [0.5, 0.6) is 0 Å². The van der Waals surface area contributed by atoms with Gasteiger partial charge < -0.3 is 5.32 Å². The molecule has 1 aliphatic rings. The molecule has 21 heavy (non-hydrogen) atoms. The second kappa shape index (κ2) is 5.40. The number of rotatable bonds is 3. The molecule has 0 radical (unpaired) electrons. The number of benzene rings is 1. The SMILES string of the molecule is C=C1CCN(c2cc(Cc3cn[nH]n3)ccc2C)C(=O)N1. The molecule has 6 nitrogen and oxygen atoms in total. The van der Waals surface area contributed by atoms with Crippen LogP contribution in [0, 0.1) is 6.92 Å². The molecular weight excluding hydrogens is 266 g/mol. The number of hydrogen-bond acceptors (Lipinski definition) is 3. The average Bonchev–Trinajstić information content (AvgIpc) is 2.94. The van der Waals surface area contributed by atoms with Crippen LogP contribution < -0.4 is 10.2 Å². The summed E-state index contributed by atoms with van der Waals surface area (Å²) >= 11 is 0. The Bertz CT molecular complexity index is 677. The van der Waals surface area contributed by atoms with Crippen LogP contribution in [0.3, 0.4) is 0 Å². The minimum Gasteiger partial charge on any atom is -0.312 e. The number of carbonyl (C=O) groups is 1. The quantitative estimate of drug-likeness (QED) is 0.906. The minimum atomic E-state index is -0.118. The van der Waals surface area contributed by atoms with Gasteiger partial charge in [0, 0.05) is 30.8 Å². The fraction of sp³-hybridized carbons (Fsp3) is 0.267. The van der Waals surface area contributed by atoms with Crippen molar-refractivity contribution < 1.29 is 4.79 Å². The van der Waals surface area contributed by atoms with E-state index in [1.165, 1.54) is 0 Å². The molecule has 1 aromatic heterocycles. The first kappa shape index (κ1) is 13.4. The van der Waals surface area contributed by atoms with Crippen molar-refractivity contribution in [2.75, 3.05) is 11.4 Å². The number of hydrogen-bond donors (Lipinski definition) is 2. The molecule has 1 aromatic carbocycles. The van der Waals surface area contributed by atoms with Crippen molar-refractivity contribution in [3.05, 3.63) is 53.5 Å². The number of aromatic nitrogens is 3. The van der Waals surface area contributed by atoms with Crippen LogP contribution in [0.1, 0.15) is 23.2 Å². The van der Waals surface area contributed by atoms with Crippen LogP contribution in [-0.4, -0.2) is 28.0 Å². The first-order valence-corrected chi connectivity index (χ1v) is 6.84. The predicted octanol–water partition coefficient (Wildman–Crippen LogP) is 2.14. The van der Waals surface area contributed by atoms with Gasteiger partial charge in [0.2, 0.25) is 0 Å². The lowest BCUT2D eigenvalue weighted by atomic mass is 10.0. The van der Waals surface area contributed by atoms with E-state index in [0.29, 0.717) is 13.0 Å². The summed E-state index contributed by atoms with van der Waals surface area (Å²) in [7, 11) is 0. The summed E-state index contributed by atoms with van der Waals surface area (Å²) in [6.07, 6.45) is 3.15. The molecule has 1 saturated heterocycles. The number of aryl methyl sites for hydroxylation is 1. The molecule has 108 valence electrons. The fourth-order valence-corrected chi connectivity index (χ4v) is 2.43. The summed E-state index contributed by atoms with van der Waals surface area (Å²) in [5.74, 6) is 0. The molecule has 1 aliphatic heterocycles. The first-order valence-electron chi connectivity index (χ1n) is 6.84. The molecule has 0 atom stereocenters. The van der Waals surface area contributed by atoms with Gasteiger partial charge in [0.15, 0.2) is 0 Å². The molecule has 0 unspecified atom stereocenters. The lowest BCUT2D eigenvalue weighted by Gasteiger charge is -2.30. The highest BCUT2D eigenvalue weighted by Gasteiger charge is 2.22. The van der Waals surface area contributed by atoms with Crippen LogP contribution in [0.25, 0.3) is 0 Å². The van der Waals surface area contributed by atoms with Crippen LogP contribution in [0.15, 0.2) is 36.7 Å². The Morgan fingerprint density at radius 1 is 1.43 bits per heavy atom. The highest BCUT2D eigenvalue weighted by Crippen LogP contribution is 2.25. The minimum absolute atomic E-state index is 0.118. The maximum Gasteiger partial charge on any atom is 0.326 e. The Morgan fingerprint density at radius 3 is 3.00 bits per heavy atom. The van der Waals surface area contributed by atoms with Gasteiger partial charge in [0.05, 0.1) is 11.9 Å². The van der Waals surface area contributed by atoms with E-state index in [1.807, 2.05) is 25.1 Å². The van der Waals surface area contributed by atoms with Gasteiger partial charge in [0.25, 0.3) is 0 Å². The Kier molecular flexibility index (Phi) is 3.43. The highest BCUT2D eigenvalue weighted by molar-refractivity contribution is 5.94. The molecule has 6 heteroatoms. The Morgan fingerprint density at radius 2 is 2.29 bits per heavy atom. The number of amides is 2. The molecule has 0 aliphatic carbocycles. The highest BCUT2D eigenvalue weighted by atomic mass is 16.2. The molecule has 2 aromatic rings. The third-order valence-corrected chi connectivity index (χ3v) is 3.58. The number of nitrogens with one attached hydrogen (secondary N) is 2. The van der Waals surface area contributed by atoms with Crippen molar-refractivity contribution in [1.29, 1.82) is 0 Å². The third-order valence-electron chi connectivity index (χ3n) is 3.58. The summed E-state index contributed by atoms with van der Waals surface area (Å²) in [5.41, 5.74) is 4.75. The Labute approximate surface area is 122 Å². The average molecular weight is 283 g/mol. The first-order chi connectivity index (χ1) is 10.1. The van der Waals surface area contributed by atoms with E-state index in [4.69, 9.17) is 0 Å². The molecule has 0 spiro atoms. The van der Waals surface area contributed by atoms with Crippen molar-refractivity contribution in [2.45, 2.75) is 19.8 Å². The van der Waals surface area contributed by atoms with Crippen LogP contribution in [0.4, 0.5) is 10.5 Å². The number of urea groups is 1. The van der Waals surface area contributed by atoms with E-state index in [9.17, 15) is 4.79 Å². The van der Waals surface area contributed by atoms with Crippen molar-refractivity contribution >= 4 is 11.7 Å². The monoisotopic (exact) mass is 283 g/mol. The van der Waals surface area contributed by atoms with E-state index in [1.54, 1.807) is 11.1 Å². The van der Waals surface area contributed by atoms with Gasteiger partial charge >= 0.3 is 6.03 Å². The van der Waals surface area contributed by atoms with Crippen molar-refractivity contribution in [2.24, 2.45) is 0 Å². The van der Waals surface area contributed by atoms with E-state index < -0.39 is 0 Å². The van der Waals surface area contributed by atoms with Gasteiger partial charge in [-0.1, -0.05) is 18.7 Å². The molecule has 0 saturated carbocycles. The van der Waals surface area contributed by atoms with Gasteiger partial charge in [-0.25, -0.2) is 4.79 Å². The summed E-state index contributed by atoms with van der Waals surface area (Å²) in [6, 6.07) is 6.00. The van der Waals surface area contributed by atoms with Crippen LogP contribution in [-0.2, 0) is 6.42 Å². The number of nitrogens with zero attached hydrogens (tertiary/aromatic N) is 3. The van der Waals surface area contributed by atoms with E-state index in [0.717, 1.165) is 34.6 Å². The Balaban J connectivity index is 1.87. The standard InChI is InChI=1S/C15H17N5O/c1-10-3-4-12(7-13-9-16-19-18-13)8-14(10)20-6-5-11(2)17-15(20)21/h3-4,8-9H,2,5-7H2,1H3,(H,17,21)(H,16,18,19). The van der Waals surface area contributed by atoms with E-state index in [2.05, 4.69) is 27.3 Å². The number of carbonyl (C=O) groups excluding carboxylic acids is 1. The van der Waals surface area contributed by atoms with Gasteiger partial charge in [-0.05, 0) is 24.1 Å². The number of anilines is 1. The van der Waals surface area contributed by atoms with Crippen molar-refractivity contribution in [3.8, 4) is 0 Å². The molecule has 2 amide bonds. The summed E-state index contributed by atoms with van der Waals surface area (Å²) < 4.78 is 0. The summed E-state index contributed by atoms with van der Waals surface area (Å²) in [5, 5.41) is 13.3. The van der Waals surface area contributed by atoms with Crippen LogP contribution >= 0.6 is 0 Å². The van der Waals surface area contributed by atoms with E-state index in [-0.39, 0.29) is 6.03 Å². The van der Waals surface area contributed by atoms with Gasteiger partial charge in [-0.3, -0.25) is 4.90 Å². The smallest absolute Gasteiger partial charge is 0.312 e. The summed E-state index contributed by atoms with van der Waals surface area (Å²) in [6.45, 7) is 6.46. The zero-order chi connectivity index (χ0) is 14.8. The zero-order valence-electron chi connectivity index (χ0n) is 11.9. The predicted molar refractivity (Wildman–Crippen MR) is 80.0 cm³/mol. The van der Waals surface area contributed by atoms with Crippen molar-refractivity contribution in [1.82, 2.24) is 20.7 Å². The molecular formula is C15H17N5O. The largest absolute Gasteiger partial charge is 0.326 e. The second-order valence-electron chi connectivity index (χ2n) is 5.19. The molecule has 3 rings (SSSR count). The molecule has 2 N–H and O–H groups in total. The normalized spacial score (nSPS) is 15.2. The molecule has 1 fully saturated rings. The number of aromatic amines is 1. The summed E-state index contributed by atoms with van der Waals surface area (Å²) in [4.78, 5) is 13.9.